The van der Waals surface area contributed by atoms with Gasteiger partial charge in [-0.15, -0.1) is 0 Å². The first-order valence-electron chi connectivity index (χ1n) is 7.78. The lowest BCUT2D eigenvalue weighted by molar-refractivity contribution is 0.255. The van der Waals surface area contributed by atoms with Crippen LogP contribution in [0.2, 0.25) is 0 Å². The Hall–Kier alpha value is -1.88. The average Bonchev–Trinajstić information content (AvgIpc) is 2.90. The van der Waals surface area contributed by atoms with Gasteiger partial charge in [-0.2, -0.15) is 5.10 Å². The van der Waals surface area contributed by atoms with Crippen LogP contribution in [0.4, 0.5) is 4.39 Å². The first-order valence-corrected chi connectivity index (χ1v) is 7.78. The van der Waals surface area contributed by atoms with Crippen molar-refractivity contribution in [3.8, 4) is 5.75 Å². The number of nitrogens with zero attached hydrogens (tertiary/aromatic N) is 2. The summed E-state index contributed by atoms with van der Waals surface area (Å²) in [4.78, 5) is 0. The van der Waals surface area contributed by atoms with Gasteiger partial charge in [0, 0.05) is 30.4 Å². The third kappa shape index (κ3) is 3.30. The Morgan fingerprint density at radius 3 is 2.95 bits per heavy atom. The van der Waals surface area contributed by atoms with Crippen molar-refractivity contribution in [1.82, 2.24) is 15.1 Å². The molecule has 2 aromatic rings. The van der Waals surface area contributed by atoms with E-state index >= 15 is 0 Å². The van der Waals surface area contributed by atoms with E-state index in [9.17, 15) is 4.39 Å². The molecule has 1 N–H and O–H groups in total. The fourth-order valence-corrected chi connectivity index (χ4v) is 3.02. The van der Waals surface area contributed by atoms with Crippen LogP contribution in [0.3, 0.4) is 0 Å². The summed E-state index contributed by atoms with van der Waals surface area (Å²) in [6.07, 6.45) is 5.37. The van der Waals surface area contributed by atoms with Crippen LogP contribution in [0.25, 0.3) is 0 Å². The fourth-order valence-electron chi connectivity index (χ4n) is 3.02. The minimum Gasteiger partial charge on any atom is -0.492 e. The highest BCUT2D eigenvalue weighted by atomic mass is 19.1. The largest absolute Gasteiger partial charge is 0.492 e. The van der Waals surface area contributed by atoms with Crippen molar-refractivity contribution in [3.63, 3.8) is 0 Å². The van der Waals surface area contributed by atoms with Crippen molar-refractivity contribution < 1.29 is 9.13 Å². The number of nitrogens with one attached hydrogen (secondary N) is 1. The molecule has 22 heavy (non-hydrogen) atoms. The van der Waals surface area contributed by atoms with Gasteiger partial charge in [-0.1, -0.05) is 0 Å². The molecule has 1 heterocycles. The monoisotopic (exact) mass is 303 g/mol. The minimum atomic E-state index is -0.246. The van der Waals surface area contributed by atoms with Crippen molar-refractivity contribution in [3.05, 3.63) is 47.5 Å². The van der Waals surface area contributed by atoms with Gasteiger partial charge in [0.2, 0.25) is 0 Å². The molecule has 1 aliphatic carbocycles. The summed E-state index contributed by atoms with van der Waals surface area (Å²) in [6, 6.07) is 6.68. The lowest BCUT2D eigenvalue weighted by atomic mass is 9.92. The Morgan fingerprint density at radius 2 is 2.18 bits per heavy atom. The van der Waals surface area contributed by atoms with Gasteiger partial charge >= 0.3 is 0 Å². The van der Waals surface area contributed by atoms with Gasteiger partial charge in [-0.05, 0) is 50.5 Å². The molecule has 4 nitrogen and oxygen atoms in total. The SMILES string of the molecule is C[C@@H](COc1ccc(F)cc1)N[C@@H]1CCCc2c1cnn2C. The summed E-state index contributed by atoms with van der Waals surface area (Å²) in [5, 5.41) is 7.99. The smallest absolute Gasteiger partial charge is 0.123 e. The number of fused-ring (bicyclic) bond motifs is 1. The van der Waals surface area contributed by atoms with E-state index in [1.54, 1.807) is 12.1 Å². The van der Waals surface area contributed by atoms with Crippen LogP contribution in [0.1, 0.15) is 37.1 Å². The molecular formula is C17H22FN3O. The topological polar surface area (TPSA) is 39.1 Å². The summed E-state index contributed by atoms with van der Waals surface area (Å²) in [5.74, 6) is 0.450. The molecule has 0 fully saturated rings. The number of hydrogen-bond donors (Lipinski definition) is 1. The van der Waals surface area contributed by atoms with E-state index in [0.717, 1.165) is 12.8 Å². The number of aromatic nitrogens is 2. The normalized spacial score (nSPS) is 18.8. The molecule has 3 rings (SSSR count). The van der Waals surface area contributed by atoms with Crippen LogP contribution in [-0.4, -0.2) is 22.4 Å². The zero-order chi connectivity index (χ0) is 15.5. The number of aryl methyl sites for hydroxylation is 1. The molecule has 118 valence electrons. The molecule has 5 heteroatoms. The van der Waals surface area contributed by atoms with Gasteiger partial charge in [0.1, 0.15) is 18.2 Å². The van der Waals surface area contributed by atoms with Crippen LogP contribution < -0.4 is 10.1 Å². The maximum Gasteiger partial charge on any atom is 0.123 e. The lowest BCUT2D eigenvalue weighted by Gasteiger charge is -2.27. The third-order valence-corrected chi connectivity index (χ3v) is 4.18. The molecule has 0 saturated carbocycles. The molecule has 0 spiro atoms. The van der Waals surface area contributed by atoms with E-state index in [2.05, 4.69) is 17.3 Å². The van der Waals surface area contributed by atoms with E-state index in [1.807, 2.05) is 17.9 Å². The van der Waals surface area contributed by atoms with Crippen LogP contribution in [0, 0.1) is 5.82 Å². The van der Waals surface area contributed by atoms with Crippen LogP contribution in [0.5, 0.6) is 5.75 Å². The highest BCUT2D eigenvalue weighted by Crippen LogP contribution is 2.29. The highest BCUT2D eigenvalue weighted by Gasteiger charge is 2.24. The van der Waals surface area contributed by atoms with Gasteiger partial charge in [0.15, 0.2) is 0 Å². The minimum absolute atomic E-state index is 0.209. The molecule has 0 amide bonds. The van der Waals surface area contributed by atoms with Gasteiger partial charge < -0.3 is 10.1 Å². The Balaban J connectivity index is 1.56. The second kappa shape index (κ2) is 6.48. The molecule has 0 radical (unpaired) electrons. The van der Waals surface area contributed by atoms with E-state index in [1.165, 1.54) is 29.8 Å². The van der Waals surface area contributed by atoms with E-state index in [-0.39, 0.29) is 11.9 Å². The molecule has 1 aliphatic rings. The summed E-state index contributed by atoms with van der Waals surface area (Å²) in [6.45, 7) is 2.66. The summed E-state index contributed by atoms with van der Waals surface area (Å²) >= 11 is 0. The quantitative estimate of drug-likeness (QED) is 0.923. The first kappa shape index (κ1) is 15.0. The van der Waals surface area contributed by atoms with Gasteiger partial charge in [0.05, 0.1) is 6.20 Å². The molecule has 1 aromatic heterocycles. The number of hydrogen-bond acceptors (Lipinski definition) is 3. The lowest BCUT2D eigenvalue weighted by Crippen LogP contribution is -2.36. The summed E-state index contributed by atoms with van der Waals surface area (Å²) < 4.78 is 20.5. The van der Waals surface area contributed by atoms with Crippen LogP contribution in [-0.2, 0) is 13.5 Å². The Labute approximate surface area is 130 Å². The van der Waals surface area contributed by atoms with Crippen molar-refractivity contribution in [2.45, 2.75) is 38.3 Å². The second-order valence-electron chi connectivity index (χ2n) is 5.95. The summed E-state index contributed by atoms with van der Waals surface area (Å²) in [5.41, 5.74) is 2.64. The molecule has 0 unspecified atom stereocenters. The standard InChI is InChI=1S/C17H22FN3O/c1-12(11-22-14-8-6-13(18)7-9-14)20-16-4-3-5-17-15(16)10-19-21(17)2/h6-10,12,16,20H,3-5,11H2,1-2H3/t12-,16+/m0/s1. The summed E-state index contributed by atoms with van der Waals surface area (Å²) in [7, 11) is 2.00. The van der Waals surface area contributed by atoms with Gasteiger partial charge in [-0.25, -0.2) is 4.39 Å². The molecule has 0 bridgehead atoms. The molecular weight excluding hydrogens is 281 g/mol. The molecule has 0 saturated heterocycles. The van der Waals surface area contributed by atoms with Crippen LogP contribution >= 0.6 is 0 Å². The maximum absolute atomic E-state index is 12.9. The predicted octanol–water partition coefficient (Wildman–Crippen LogP) is 2.99. The molecule has 1 aromatic carbocycles. The second-order valence-corrected chi connectivity index (χ2v) is 5.95. The third-order valence-electron chi connectivity index (χ3n) is 4.18. The maximum atomic E-state index is 12.9. The first-order chi connectivity index (χ1) is 10.6. The molecule has 2 atom stereocenters. The van der Waals surface area contributed by atoms with Crippen molar-refractivity contribution in [1.29, 1.82) is 0 Å². The Kier molecular flexibility index (Phi) is 4.43. The molecule has 0 aliphatic heterocycles. The Bertz CT molecular complexity index is 623. The highest BCUT2D eigenvalue weighted by molar-refractivity contribution is 5.25. The van der Waals surface area contributed by atoms with E-state index in [0.29, 0.717) is 18.4 Å². The predicted molar refractivity (Wildman–Crippen MR) is 83.4 cm³/mol. The van der Waals surface area contributed by atoms with Crippen molar-refractivity contribution in [2.75, 3.05) is 6.61 Å². The number of halogens is 1. The van der Waals surface area contributed by atoms with Crippen molar-refractivity contribution >= 4 is 0 Å². The van der Waals surface area contributed by atoms with Gasteiger partial charge in [0.25, 0.3) is 0 Å². The fraction of sp³-hybridized carbons (Fsp3) is 0.471. The van der Waals surface area contributed by atoms with Gasteiger partial charge in [-0.3, -0.25) is 4.68 Å². The number of benzene rings is 1. The number of ether oxygens (including phenoxy) is 1. The van der Waals surface area contributed by atoms with E-state index in [4.69, 9.17) is 4.74 Å². The van der Waals surface area contributed by atoms with Crippen molar-refractivity contribution in [2.24, 2.45) is 7.05 Å². The zero-order valence-corrected chi connectivity index (χ0v) is 13.1. The average molecular weight is 303 g/mol. The van der Waals surface area contributed by atoms with Crippen LogP contribution in [0.15, 0.2) is 30.5 Å². The zero-order valence-electron chi connectivity index (χ0n) is 13.1. The van der Waals surface area contributed by atoms with E-state index < -0.39 is 0 Å². The Morgan fingerprint density at radius 1 is 1.41 bits per heavy atom. The number of rotatable bonds is 5.